The molecule has 0 atom stereocenters. The molecule has 0 unspecified atom stereocenters. The van der Waals surface area contributed by atoms with E-state index in [1.807, 2.05) is 6.08 Å². The average Bonchev–Trinajstić information content (AvgIpc) is 2.52. The van der Waals surface area contributed by atoms with Crippen LogP contribution in [0.2, 0.25) is 0 Å². The van der Waals surface area contributed by atoms with Crippen LogP contribution >= 0.6 is 27.3 Å². The second-order valence-electron chi connectivity index (χ2n) is 2.80. The molecule has 0 aliphatic rings. The number of halogens is 1. The van der Waals surface area contributed by atoms with Gasteiger partial charge in [-0.25, -0.2) is 0 Å². The van der Waals surface area contributed by atoms with Gasteiger partial charge in [-0.05, 0) is 46.8 Å². The van der Waals surface area contributed by atoms with Crippen LogP contribution in [0.5, 0.6) is 0 Å². The fourth-order valence-corrected chi connectivity index (χ4v) is 2.49. The second kappa shape index (κ2) is 6.35. The van der Waals surface area contributed by atoms with Crippen LogP contribution in [0, 0.1) is 0 Å². The Labute approximate surface area is 92.0 Å². The van der Waals surface area contributed by atoms with Crippen molar-refractivity contribution in [3.8, 4) is 0 Å². The van der Waals surface area contributed by atoms with E-state index in [-0.39, 0.29) is 0 Å². The van der Waals surface area contributed by atoms with E-state index in [9.17, 15) is 0 Å². The van der Waals surface area contributed by atoms with E-state index in [4.69, 9.17) is 0 Å². The molecule has 3 heteroatoms. The monoisotopic (exact) mass is 259 g/mol. The Morgan fingerprint density at radius 3 is 3.08 bits per heavy atom. The zero-order chi connectivity index (χ0) is 9.52. The van der Waals surface area contributed by atoms with Crippen LogP contribution in [0.3, 0.4) is 0 Å². The third-order valence-electron chi connectivity index (χ3n) is 1.74. The molecule has 0 radical (unpaired) electrons. The molecule has 1 aromatic heterocycles. The summed E-state index contributed by atoms with van der Waals surface area (Å²) in [6, 6.07) is 2.09. The Kier molecular flexibility index (Phi) is 5.35. The summed E-state index contributed by atoms with van der Waals surface area (Å²) in [5.74, 6) is 0. The first-order valence-electron chi connectivity index (χ1n) is 4.38. The molecule has 1 nitrogen and oxygen atoms in total. The zero-order valence-corrected chi connectivity index (χ0v) is 9.96. The summed E-state index contributed by atoms with van der Waals surface area (Å²) in [5, 5.41) is 5.50. The van der Waals surface area contributed by atoms with E-state index in [1.165, 1.54) is 15.8 Å². The molecule has 1 N–H and O–H groups in total. The van der Waals surface area contributed by atoms with E-state index in [0.717, 1.165) is 19.5 Å². The molecule has 0 fully saturated rings. The third-order valence-corrected chi connectivity index (χ3v) is 3.66. The van der Waals surface area contributed by atoms with Gasteiger partial charge >= 0.3 is 0 Å². The lowest BCUT2D eigenvalue weighted by Gasteiger charge is -2.01. The molecular formula is C10H14BrNS. The minimum absolute atomic E-state index is 0.968. The van der Waals surface area contributed by atoms with E-state index < -0.39 is 0 Å². The van der Waals surface area contributed by atoms with Crippen LogP contribution in [0.4, 0.5) is 0 Å². The van der Waals surface area contributed by atoms with Gasteiger partial charge in [0.2, 0.25) is 0 Å². The normalized spacial score (nSPS) is 10.2. The van der Waals surface area contributed by atoms with Crippen LogP contribution in [0.15, 0.2) is 28.6 Å². The molecule has 1 heterocycles. The van der Waals surface area contributed by atoms with Crippen molar-refractivity contribution in [3.05, 3.63) is 33.5 Å². The number of allylic oxidation sites excluding steroid dienone is 1. The third kappa shape index (κ3) is 4.07. The molecule has 0 saturated carbocycles. The van der Waals surface area contributed by atoms with Gasteiger partial charge in [-0.2, -0.15) is 0 Å². The van der Waals surface area contributed by atoms with Crippen molar-refractivity contribution >= 4 is 27.3 Å². The molecule has 0 aliphatic heterocycles. The zero-order valence-electron chi connectivity index (χ0n) is 7.55. The van der Waals surface area contributed by atoms with Crippen molar-refractivity contribution in [1.29, 1.82) is 0 Å². The van der Waals surface area contributed by atoms with Crippen molar-refractivity contribution in [2.75, 3.05) is 6.54 Å². The van der Waals surface area contributed by atoms with Gasteiger partial charge in [0.05, 0.1) is 0 Å². The minimum atomic E-state index is 0.968. The highest BCUT2D eigenvalue weighted by Gasteiger charge is 1.98. The van der Waals surface area contributed by atoms with Crippen LogP contribution in [0.1, 0.15) is 17.7 Å². The van der Waals surface area contributed by atoms with Crippen LogP contribution in [-0.4, -0.2) is 6.54 Å². The van der Waals surface area contributed by atoms with Crippen molar-refractivity contribution in [2.45, 2.75) is 19.4 Å². The maximum absolute atomic E-state index is 3.69. The lowest BCUT2D eigenvalue weighted by molar-refractivity contribution is 0.659. The number of thiophene rings is 1. The van der Waals surface area contributed by atoms with Gasteiger partial charge in [0.1, 0.15) is 0 Å². The van der Waals surface area contributed by atoms with Crippen LogP contribution < -0.4 is 5.32 Å². The molecular weight excluding hydrogens is 246 g/mol. The lowest BCUT2D eigenvalue weighted by Crippen LogP contribution is -2.13. The maximum Gasteiger partial charge on any atom is 0.0327 e. The lowest BCUT2D eigenvalue weighted by atomic mass is 10.3. The topological polar surface area (TPSA) is 12.0 Å². The molecule has 72 valence electrons. The smallest absolute Gasteiger partial charge is 0.0327 e. The Morgan fingerprint density at radius 1 is 1.62 bits per heavy atom. The average molecular weight is 260 g/mol. The summed E-state index contributed by atoms with van der Waals surface area (Å²) < 4.78 is 1.22. The van der Waals surface area contributed by atoms with Crippen LogP contribution in [0.25, 0.3) is 0 Å². The number of rotatable bonds is 6. The quantitative estimate of drug-likeness (QED) is 0.609. The number of nitrogens with one attached hydrogen (secondary N) is 1. The highest BCUT2D eigenvalue weighted by atomic mass is 79.9. The molecule has 0 aliphatic carbocycles. The fourth-order valence-electron chi connectivity index (χ4n) is 1.02. The van der Waals surface area contributed by atoms with Crippen molar-refractivity contribution in [1.82, 2.24) is 5.32 Å². The van der Waals surface area contributed by atoms with Gasteiger partial charge in [0.15, 0.2) is 0 Å². The maximum atomic E-state index is 3.69. The molecule has 1 rings (SSSR count). The summed E-state index contributed by atoms with van der Waals surface area (Å²) >= 11 is 5.29. The number of unbranched alkanes of at least 4 members (excludes halogenated alkanes) is 1. The van der Waals surface area contributed by atoms with E-state index in [2.05, 4.69) is 39.3 Å². The first-order valence-corrected chi connectivity index (χ1v) is 6.05. The molecule has 0 amide bonds. The fraction of sp³-hybridized carbons (Fsp3) is 0.400. The summed E-state index contributed by atoms with van der Waals surface area (Å²) in [5.41, 5.74) is 0. The first-order chi connectivity index (χ1) is 6.34. The summed E-state index contributed by atoms with van der Waals surface area (Å²) in [7, 11) is 0. The Hall–Kier alpha value is -0.120. The first kappa shape index (κ1) is 11.0. The molecule has 0 spiro atoms. The highest BCUT2D eigenvalue weighted by Crippen LogP contribution is 2.21. The van der Waals surface area contributed by atoms with Gasteiger partial charge in [-0.1, -0.05) is 6.08 Å². The van der Waals surface area contributed by atoms with Crippen molar-refractivity contribution in [3.63, 3.8) is 0 Å². The Bertz CT molecular complexity index is 257. The summed E-state index contributed by atoms with van der Waals surface area (Å²) in [4.78, 5) is 1.37. The number of hydrogen-bond donors (Lipinski definition) is 1. The van der Waals surface area contributed by atoms with Gasteiger partial charge in [-0.15, -0.1) is 17.9 Å². The molecule has 0 bridgehead atoms. The molecule has 1 aromatic rings. The standard InChI is InChI=1S/C10H14BrNS/c1-2-3-4-6-12-8-10-9(11)5-7-13-10/h2,5,7,12H,1,3-4,6,8H2. The van der Waals surface area contributed by atoms with Gasteiger partial charge in [0.25, 0.3) is 0 Å². The Morgan fingerprint density at radius 2 is 2.46 bits per heavy atom. The second-order valence-corrected chi connectivity index (χ2v) is 4.65. The largest absolute Gasteiger partial charge is 0.312 e. The molecule has 0 aromatic carbocycles. The number of hydrogen-bond acceptors (Lipinski definition) is 2. The van der Waals surface area contributed by atoms with Crippen molar-refractivity contribution in [2.24, 2.45) is 0 Å². The van der Waals surface area contributed by atoms with E-state index in [1.54, 1.807) is 11.3 Å². The Balaban J connectivity index is 2.13. The van der Waals surface area contributed by atoms with Gasteiger partial charge < -0.3 is 5.32 Å². The van der Waals surface area contributed by atoms with Gasteiger partial charge in [-0.3, -0.25) is 0 Å². The van der Waals surface area contributed by atoms with Gasteiger partial charge in [0, 0.05) is 15.9 Å². The van der Waals surface area contributed by atoms with E-state index >= 15 is 0 Å². The predicted molar refractivity (Wildman–Crippen MR) is 63.2 cm³/mol. The minimum Gasteiger partial charge on any atom is -0.312 e. The molecule has 13 heavy (non-hydrogen) atoms. The van der Waals surface area contributed by atoms with E-state index in [0.29, 0.717) is 0 Å². The summed E-state index contributed by atoms with van der Waals surface area (Å²) in [6.07, 6.45) is 4.23. The summed E-state index contributed by atoms with van der Waals surface area (Å²) in [6.45, 7) is 5.72. The molecule has 0 saturated heterocycles. The predicted octanol–water partition coefficient (Wildman–Crippen LogP) is 3.57. The highest BCUT2D eigenvalue weighted by molar-refractivity contribution is 9.10. The van der Waals surface area contributed by atoms with Crippen molar-refractivity contribution < 1.29 is 0 Å². The van der Waals surface area contributed by atoms with Crippen LogP contribution in [-0.2, 0) is 6.54 Å². The SMILES string of the molecule is C=CCCCNCc1sccc1Br.